The van der Waals surface area contributed by atoms with Crippen molar-refractivity contribution in [1.82, 2.24) is 0 Å². The monoisotopic (exact) mass is 355 g/mol. The molecular weight excluding hydrogens is 340 g/mol. The van der Waals surface area contributed by atoms with E-state index in [1.54, 1.807) is 18.2 Å². The van der Waals surface area contributed by atoms with Crippen molar-refractivity contribution in [2.75, 3.05) is 0 Å². The Morgan fingerprint density at radius 2 is 1.71 bits per heavy atom. The molecule has 1 saturated carbocycles. The zero-order valence-corrected chi connectivity index (χ0v) is 13.6. The molecule has 0 saturated heterocycles. The summed E-state index contributed by atoms with van der Waals surface area (Å²) in [5, 5.41) is 1.07. The Labute approximate surface area is 135 Å². The lowest BCUT2D eigenvalue weighted by atomic mass is 9.88. The van der Waals surface area contributed by atoms with Gasteiger partial charge < -0.3 is 0 Å². The summed E-state index contributed by atoms with van der Waals surface area (Å²) in [6.07, 6.45) is 4.98. The van der Waals surface area contributed by atoms with Crippen LogP contribution in [0, 0.1) is 0 Å². The molecule has 0 bridgehead atoms. The van der Waals surface area contributed by atoms with Gasteiger partial charge in [0.25, 0.3) is 0 Å². The van der Waals surface area contributed by atoms with Crippen molar-refractivity contribution in [2.24, 2.45) is 0 Å². The molecule has 0 spiro atoms. The van der Waals surface area contributed by atoms with E-state index in [-0.39, 0.29) is 18.3 Å². The minimum Gasteiger partial charge on any atom is -0.147 e. The third-order valence-corrected chi connectivity index (χ3v) is 6.38. The third kappa shape index (κ3) is 3.33. The maximum Gasteiger partial charge on any atom is 0.600 e. The summed E-state index contributed by atoms with van der Waals surface area (Å²) in [6, 6.07) is 6.62. The standard InChI is InChI=1S/C15H15ClF3S.ClH/c16-12-7-6-11-8-13(10-4-2-1-3-5-10)20(14(11)9-12)15(17,18)19;/h6-10H,1-5H2;1H/q+1;. The second kappa shape index (κ2) is 6.35. The van der Waals surface area contributed by atoms with Crippen LogP contribution in [0.2, 0.25) is 5.02 Å². The van der Waals surface area contributed by atoms with Crippen LogP contribution in [0.25, 0.3) is 10.1 Å². The molecule has 1 aliphatic carbocycles. The van der Waals surface area contributed by atoms with E-state index < -0.39 is 16.0 Å². The fourth-order valence-corrected chi connectivity index (χ4v) is 5.50. The van der Waals surface area contributed by atoms with E-state index in [0.29, 0.717) is 20.0 Å². The van der Waals surface area contributed by atoms with Gasteiger partial charge in [-0.3, -0.25) is 0 Å². The Balaban J connectivity index is 0.00000161. The van der Waals surface area contributed by atoms with E-state index in [1.807, 2.05) is 0 Å². The summed E-state index contributed by atoms with van der Waals surface area (Å²) in [6.45, 7) is 0. The average molecular weight is 356 g/mol. The van der Waals surface area contributed by atoms with Crippen molar-refractivity contribution in [3.8, 4) is 0 Å². The van der Waals surface area contributed by atoms with E-state index in [9.17, 15) is 13.2 Å². The van der Waals surface area contributed by atoms with Crippen LogP contribution in [-0.2, 0) is 5.51 Å². The van der Waals surface area contributed by atoms with Crippen LogP contribution < -0.4 is 0 Å². The largest absolute Gasteiger partial charge is 0.600 e. The summed E-state index contributed by atoms with van der Waals surface area (Å²) >= 11 is 5.89. The average Bonchev–Trinajstić information content (AvgIpc) is 2.78. The second-order valence-electron chi connectivity index (χ2n) is 5.32. The molecule has 1 aromatic heterocycles. The van der Waals surface area contributed by atoms with E-state index >= 15 is 0 Å². The van der Waals surface area contributed by atoms with Crippen molar-refractivity contribution in [3.63, 3.8) is 0 Å². The number of hydrogen-bond donors (Lipinski definition) is 0. The highest BCUT2D eigenvalue weighted by Gasteiger charge is 2.49. The molecule has 1 fully saturated rings. The number of halogens is 5. The van der Waals surface area contributed by atoms with Crippen molar-refractivity contribution >= 4 is 44.6 Å². The summed E-state index contributed by atoms with van der Waals surface area (Å²) in [5.74, 6) is 0.0832. The highest BCUT2D eigenvalue weighted by molar-refractivity contribution is 7.38. The maximum absolute atomic E-state index is 13.5. The lowest BCUT2D eigenvalue weighted by molar-refractivity contribution is -0.0868. The molecule has 0 amide bonds. The fourth-order valence-electron chi connectivity index (χ4n) is 3.07. The van der Waals surface area contributed by atoms with Crippen molar-refractivity contribution in [1.29, 1.82) is 0 Å². The summed E-state index contributed by atoms with van der Waals surface area (Å²) in [5.41, 5.74) is -4.21. The van der Waals surface area contributed by atoms with Gasteiger partial charge in [0.2, 0.25) is 0 Å². The molecule has 1 unspecified atom stereocenters. The van der Waals surface area contributed by atoms with Crippen molar-refractivity contribution in [2.45, 2.75) is 43.5 Å². The van der Waals surface area contributed by atoms with Gasteiger partial charge in [0.1, 0.15) is 0 Å². The molecule has 1 heterocycles. The predicted octanol–water partition coefficient (Wildman–Crippen LogP) is 7.19. The Morgan fingerprint density at radius 3 is 2.33 bits per heavy atom. The molecule has 21 heavy (non-hydrogen) atoms. The summed E-state index contributed by atoms with van der Waals surface area (Å²) < 4.78 is 40.9. The van der Waals surface area contributed by atoms with Gasteiger partial charge >= 0.3 is 5.51 Å². The van der Waals surface area contributed by atoms with Gasteiger partial charge in [-0.05, 0) is 25.0 Å². The van der Waals surface area contributed by atoms with E-state index in [4.69, 9.17) is 11.6 Å². The maximum atomic E-state index is 13.5. The normalized spacial score (nSPS) is 17.8. The smallest absolute Gasteiger partial charge is 0.147 e. The first-order valence-electron chi connectivity index (χ1n) is 6.79. The van der Waals surface area contributed by atoms with Crippen LogP contribution in [0.3, 0.4) is 0 Å². The highest BCUT2D eigenvalue weighted by atomic mass is 35.5. The summed E-state index contributed by atoms with van der Waals surface area (Å²) in [7, 11) is -1.79. The number of thiophene rings is 1. The molecule has 3 rings (SSSR count). The van der Waals surface area contributed by atoms with Gasteiger partial charge in [-0.25, -0.2) is 0 Å². The SMILES string of the molecule is Cl.FC(F)(F)[s+]1c(C2CCCCC2)cc2ccc(Cl)cc21. The molecule has 0 radical (unpaired) electrons. The molecule has 6 heteroatoms. The molecule has 0 aliphatic heterocycles. The van der Waals surface area contributed by atoms with Gasteiger partial charge in [-0.2, -0.15) is 0 Å². The van der Waals surface area contributed by atoms with Crippen LogP contribution in [0.5, 0.6) is 0 Å². The third-order valence-electron chi connectivity index (χ3n) is 3.97. The van der Waals surface area contributed by atoms with E-state index in [1.165, 1.54) is 6.07 Å². The topological polar surface area (TPSA) is 0 Å². The number of benzene rings is 1. The Morgan fingerprint density at radius 1 is 1.05 bits per heavy atom. The van der Waals surface area contributed by atoms with Crippen LogP contribution in [0.1, 0.15) is 42.9 Å². The molecule has 1 aliphatic rings. The van der Waals surface area contributed by atoms with Gasteiger partial charge in [-0.15, -0.1) is 25.6 Å². The molecule has 0 nitrogen and oxygen atoms in total. The zero-order valence-electron chi connectivity index (χ0n) is 11.3. The minimum absolute atomic E-state index is 0. The quantitative estimate of drug-likeness (QED) is 0.475. The number of rotatable bonds is 1. The van der Waals surface area contributed by atoms with E-state index in [0.717, 1.165) is 32.1 Å². The van der Waals surface area contributed by atoms with Crippen molar-refractivity contribution < 1.29 is 13.2 Å². The Kier molecular flexibility index (Phi) is 5.11. The number of hydrogen-bond acceptors (Lipinski definition) is 0. The summed E-state index contributed by atoms with van der Waals surface area (Å²) in [4.78, 5) is 0.578. The van der Waals surface area contributed by atoms with Crippen molar-refractivity contribution in [3.05, 3.63) is 34.2 Å². The highest BCUT2D eigenvalue weighted by Crippen LogP contribution is 2.55. The first-order valence-corrected chi connectivity index (χ1v) is 8.39. The molecule has 116 valence electrons. The molecule has 1 aromatic carbocycles. The lowest BCUT2D eigenvalue weighted by Crippen LogP contribution is -2.06. The Bertz CT molecular complexity index is 628. The second-order valence-corrected chi connectivity index (χ2v) is 7.74. The first kappa shape index (κ1) is 16.9. The van der Waals surface area contributed by atoms with Crippen LogP contribution >= 0.6 is 34.5 Å². The van der Waals surface area contributed by atoms with Gasteiger partial charge in [0.05, 0.1) is 10.5 Å². The Hall–Kier alpha value is -0.450. The predicted molar refractivity (Wildman–Crippen MR) is 85.8 cm³/mol. The zero-order chi connectivity index (χ0) is 14.3. The fraction of sp³-hybridized carbons (Fsp3) is 0.467. The minimum atomic E-state index is -4.21. The molecule has 1 atom stereocenters. The molecular formula is C15H16Cl2F3S+. The van der Waals surface area contributed by atoms with Crippen LogP contribution in [0.4, 0.5) is 13.2 Å². The van der Waals surface area contributed by atoms with Crippen LogP contribution in [-0.4, -0.2) is 0 Å². The van der Waals surface area contributed by atoms with Gasteiger partial charge in [0.15, 0.2) is 9.58 Å². The number of alkyl halides is 3. The van der Waals surface area contributed by atoms with Gasteiger partial charge in [-0.1, -0.05) is 30.9 Å². The lowest BCUT2D eigenvalue weighted by Gasteiger charge is -2.18. The first-order chi connectivity index (χ1) is 9.47. The van der Waals surface area contributed by atoms with E-state index in [2.05, 4.69) is 0 Å². The number of fused-ring (bicyclic) bond motifs is 1. The molecule has 2 aromatic rings. The van der Waals surface area contributed by atoms with Crippen LogP contribution in [0.15, 0.2) is 24.3 Å². The molecule has 0 N–H and O–H groups in total. The van der Waals surface area contributed by atoms with Gasteiger partial charge in [0, 0.05) is 28.5 Å².